The van der Waals surface area contributed by atoms with Crippen LogP contribution in [-0.4, -0.2) is 24.3 Å². The molecule has 1 heterocycles. The predicted octanol–water partition coefficient (Wildman–Crippen LogP) is 1.88. The van der Waals surface area contributed by atoms with Crippen LogP contribution in [0.15, 0.2) is 18.2 Å². The Balaban J connectivity index is 2.36. The molecule has 0 aliphatic carbocycles. The lowest BCUT2D eigenvalue weighted by atomic mass is 10.1. The first kappa shape index (κ1) is 12.7. The van der Waals surface area contributed by atoms with Gasteiger partial charge in [0.1, 0.15) is 6.07 Å². The molecular formula is C14H19N3O. The Bertz CT molecular complexity index is 453. The van der Waals surface area contributed by atoms with Crippen LogP contribution in [0.2, 0.25) is 0 Å². The van der Waals surface area contributed by atoms with Gasteiger partial charge in [-0.3, -0.25) is 0 Å². The van der Waals surface area contributed by atoms with Gasteiger partial charge in [-0.25, -0.2) is 0 Å². The summed E-state index contributed by atoms with van der Waals surface area (Å²) in [5, 5.41) is 18.7. The number of anilines is 2. The Hall–Kier alpha value is -1.73. The van der Waals surface area contributed by atoms with Crippen molar-refractivity contribution in [3.05, 3.63) is 23.8 Å². The van der Waals surface area contributed by atoms with Crippen molar-refractivity contribution in [2.45, 2.75) is 31.7 Å². The van der Waals surface area contributed by atoms with Crippen LogP contribution in [0.25, 0.3) is 0 Å². The van der Waals surface area contributed by atoms with E-state index in [1.54, 1.807) is 6.07 Å². The Kier molecular flexibility index (Phi) is 4.06. The first-order valence-electron chi connectivity index (χ1n) is 6.43. The minimum absolute atomic E-state index is 0.114. The molecular weight excluding hydrogens is 226 g/mol. The minimum atomic E-state index is 0.114. The van der Waals surface area contributed by atoms with Gasteiger partial charge < -0.3 is 15.7 Å². The highest BCUT2D eigenvalue weighted by atomic mass is 16.3. The van der Waals surface area contributed by atoms with E-state index in [0.29, 0.717) is 11.3 Å². The molecule has 1 fully saturated rings. The first-order chi connectivity index (χ1) is 8.76. The number of nitriles is 1. The molecule has 4 nitrogen and oxygen atoms in total. The molecule has 0 radical (unpaired) electrons. The van der Waals surface area contributed by atoms with Gasteiger partial charge in [-0.05, 0) is 31.0 Å². The van der Waals surface area contributed by atoms with Crippen molar-refractivity contribution >= 4 is 11.4 Å². The van der Waals surface area contributed by atoms with Crippen molar-refractivity contribution in [2.75, 3.05) is 23.8 Å². The van der Waals surface area contributed by atoms with E-state index in [1.807, 2.05) is 12.1 Å². The molecule has 0 bridgehead atoms. The van der Waals surface area contributed by atoms with Crippen molar-refractivity contribution in [3.8, 4) is 6.07 Å². The highest BCUT2D eigenvalue weighted by molar-refractivity contribution is 5.64. The topological polar surface area (TPSA) is 73.3 Å². The van der Waals surface area contributed by atoms with Gasteiger partial charge in [0.05, 0.1) is 23.9 Å². The molecule has 0 amide bonds. The second-order valence-electron chi connectivity index (χ2n) is 4.77. The number of nitrogen functional groups attached to an aromatic ring is 1. The average molecular weight is 245 g/mol. The lowest BCUT2D eigenvalue weighted by Crippen LogP contribution is -2.38. The smallest absolute Gasteiger partial charge is 0.101 e. The van der Waals surface area contributed by atoms with E-state index < -0.39 is 0 Å². The van der Waals surface area contributed by atoms with Crippen LogP contribution in [0.5, 0.6) is 0 Å². The van der Waals surface area contributed by atoms with Crippen molar-refractivity contribution in [1.82, 2.24) is 0 Å². The number of nitrogens with two attached hydrogens (primary N) is 1. The summed E-state index contributed by atoms with van der Waals surface area (Å²) in [6, 6.07) is 7.72. The summed E-state index contributed by atoms with van der Waals surface area (Å²) >= 11 is 0. The second-order valence-corrected chi connectivity index (χ2v) is 4.77. The van der Waals surface area contributed by atoms with E-state index in [9.17, 15) is 10.4 Å². The number of hydrogen-bond donors (Lipinski definition) is 2. The summed E-state index contributed by atoms with van der Waals surface area (Å²) in [5.74, 6) is 0. The monoisotopic (exact) mass is 245 g/mol. The molecule has 1 saturated heterocycles. The second kappa shape index (κ2) is 5.74. The van der Waals surface area contributed by atoms with Crippen molar-refractivity contribution in [3.63, 3.8) is 0 Å². The molecule has 1 aromatic rings. The molecule has 0 aromatic heterocycles. The van der Waals surface area contributed by atoms with E-state index >= 15 is 0 Å². The number of aliphatic hydroxyl groups is 1. The molecule has 1 aromatic carbocycles. The summed E-state index contributed by atoms with van der Waals surface area (Å²) in [4.78, 5) is 2.16. The van der Waals surface area contributed by atoms with Gasteiger partial charge in [0.2, 0.25) is 0 Å². The molecule has 96 valence electrons. The lowest BCUT2D eigenvalue weighted by Gasteiger charge is -2.31. The average Bonchev–Trinajstić information content (AvgIpc) is 2.63. The molecule has 3 N–H and O–H groups in total. The van der Waals surface area contributed by atoms with Crippen LogP contribution >= 0.6 is 0 Å². The fourth-order valence-corrected chi connectivity index (χ4v) is 2.58. The van der Waals surface area contributed by atoms with E-state index in [0.717, 1.165) is 31.5 Å². The zero-order valence-electron chi connectivity index (χ0n) is 10.5. The maximum absolute atomic E-state index is 9.52. The fraction of sp³-hybridized carbons (Fsp3) is 0.500. The number of rotatable bonds is 2. The molecule has 0 spiro atoms. The van der Waals surface area contributed by atoms with Gasteiger partial charge in [0, 0.05) is 12.2 Å². The first-order valence-corrected chi connectivity index (χ1v) is 6.43. The van der Waals surface area contributed by atoms with Crippen LogP contribution in [-0.2, 0) is 0 Å². The molecule has 1 unspecified atom stereocenters. The summed E-state index contributed by atoms with van der Waals surface area (Å²) in [6.45, 7) is 1.03. The number of hydrogen-bond acceptors (Lipinski definition) is 4. The summed E-state index contributed by atoms with van der Waals surface area (Å²) < 4.78 is 0. The highest BCUT2D eigenvalue weighted by Crippen LogP contribution is 2.28. The molecule has 0 saturated carbocycles. The molecule has 1 atom stereocenters. The van der Waals surface area contributed by atoms with Crippen molar-refractivity contribution < 1.29 is 5.11 Å². The molecule has 1 aliphatic heterocycles. The van der Waals surface area contributed by atoms with Crippen LogP contribution < -0.4 is 10.6 Å². The SMILES string of the molecule is N#Cc1cc(N)ccc1N1CCCCCC1CO. The van der Waals surface area contributed by atoms with Crippen LogP contribution in [0, 0.1) is 11.3 Å². The largest absolute Gasteiger partial charge is 0.399 e. The van der Waals surface area contributed by atoms with Gasteiger partial charge in [0.15, 0.2) is 0 Å². The quantitative estimate of drug-likeness (QED) is 0.780. The summed E-state index contributed by atoms with van der Waals surface area (Å²) in [6.07, 6.45) is 4.40. The highest BCUT2D eigenvalue weighted by Gasteiger charge is 2.22. The Labute approximate surface area is 108 Å². The predicted molar refractivity (Wildman–Crippen MR) is 72.3 cm³/mol. The Morgan fingerprint density at radius 1 is 1.39 bits per heavy atom. The van der Waals surface area contributed by atoms with Gasteiger partial charge in [-0.2, -0.15) is 5.26 Å². The van der Waals surface area contributed by atoms with E-state index in [2.05, 4.69) is 11.0 Å². The standard InChI is InChI=1S/C14H19N3O/c15-9-11-8-12(16)5-6-14(11)17-7-3-1-2-4-13(17)10-18/h5-6,8,13,18H,1-4,7,10,16H2. The molecule has 1 aliphatic rings. The van der Waals surface area contributed by atoms with Crippen LogP contribution in [0.3, 0.4) is 0 Å². The van der Waals surface area contributed by atoms with Gasteiger partial charge in [0.25, 0.3) is 0 Å². The van der Waals surface area contributed by atoms with Gasteiger partial charge >= 0.3 is 0 Å². The summed E-state index contributed by atoms with van der Waals surface area (Å²) in [7, 11) is 0. The van der Waals surface area contributed by atoms with Gasteiger partial charge in [-0.1, -0.05) is 12.8 Å². The maximum Gasteiger partial charge on any atom is 0.101 e. The third-order valence-electron chi connectivity index (χ3n) is 3.54. The summed E-state index contributed by atoms with van der Waals surface area (Å²) in [5.41, 5.74) is 7.80. The maximum atomic E-state index is 9.52. The minimum Gasteiger partial charge on any atom is -0.399 e. The normalized spacial score (nSPS) is 20.2. The third-order valence-corrected chi connectivity index (χ3v) is 3.54. The number of aliphatic hydroxyl groups excluding tert-OH is 1. The molecule has 4 heteroatoms. The van der Waals surface area contributed by atoms with Crippen molar-refractivity contribution in [1.29, 1.82) is 5.26 Å². The molecule has 18 heavy (non-hydrogen) atoms. The Morgan fingerprint density at radius 2 is 2.22 bits per heavy atom. The zero-order valence-corrected chi connectivity index (χ0v) is 10.5. The van der Waals surface area contributed by atoms with E-state index in [-0.39, 0.29) is 12.6 Å². The van der Waals surface area contributed by atoms with Gasteiger partial charge in [-0.15, -0.1) is 0 Å². The van der Waals surface area contributed by atoms with E-state index in [1.165, 1.54) is 6.42 Å². The number of benzene rings is 1. The zero-order chi connectivity index (χ0) is 13.0. The third kappa shape index (κ3) is 2.57. The molecule has 2 rings (SSSR count). The fourth-order valence-electron chi connectivity index (χ4n) is 2.58. The van der Waals surface area contributed by atoms with Crippen LogP contribution in [0.1, 0.15) is 31.2 Å². The number of nitrogens with zero attached hydrogens (tertiary/aromatic N) is 2. The van der Waals surface area contributed by atoms with Crippen LogP contribution in [0.4, 0.5) is 11.4 Å². The Morgan fingerprint density at radius 3 is 2.94 bits per heavy atom. The lowest BCUT2D eigenvalue weighted by molar-refractivity contribution is 0.255. The van der Waals surface area contributed by atoms with E-state index in [4.69, 9.17) is 5.73 Å². The van der Waals surface area contributed by atoms with Crippen molar-refractivity contribution in [2.24, 2.45) is 0 Å².